The van der Waals surface area contributed by atoms with Gasteiger partial charge in [-0.3, -0.25) is 4.79 Å². The van der Waals surface area contributed by atoms with Crippen LogP contribution in [0.15, 0.2) is 84.0 Å². The highest BCUT2D eigenvalue weighted by Gasteiger charge is 2.11. The van der Waals surface area contributed by atoms with E-state index in [4.69, 9.17) is 17.0 Å². The van der Waals surface area contributed by atoms with Crippen molar-refractivity contribution in [2.24, 2.45) is 0 Å². The Morgan fingerprint density at radius 3 is 2.43 bits per heavy atom. The minimum Gasteiger partial charge on any atom is -0.468 e. The monoisotopic (exact) mass is 435 g/mol. The number of benzene rings is 2. The number of methoxy groups -OCH3 is 1. The van der Waals surface area contributed by atoms with Crippen LogP contribution in [-0.2, 0) is 16.1 Å². The SMILES string of the molecule is CCC=CCSc1cccc(-c2cn(CC(=O)OC)cc(-c3ccccc3)c2=S)c1. The molecular weight excluding hydrogens is 410 g/mol. The Hall–Kier alpha value is -2.63. The second-order valence-corrected chi connectivity index (χ2v) is 8.25. The highest BCUT2D eigenvalue weighted by atomic mass is 32.2. The van der Waals surface area contributed by atoms with Crippen molar-refractivity contribution in [1.29, 1.82) is 0 Å². The minimum atomic E-state index is -0.297. The average molecular weight is 436 g/mol. The van der Waals surface area contributed by atoms with Gasteiger partial charge in [0.15, 0.2) is 0 Å². The zero-order valence-corrected chi connectivity index (χ0v) is 18.8. The van der Waals surface area contributed by atoms with Gasteiger partial charge in [-0.1, -0.05) is 73.8 Å². The van der Waals surface area contributed by atoms with Crippen molar-refractivity contribution in [3.63, 3.8) is 0 Å². The second-order valence-electron chi connectivity index (χ2n) is 6.75. The topological polar surface area (TPSA) is 31.2 Å². The molecule has 0 aliphatic rings. The number of allylic oxidation sites excluding steroid dienone is 1. The van der Waals surface area contributed by atoms with Crippen molar-refractivity contribution in [3.8, 4) is 22.3 Å². The maximum atomic E-state index is 11.9. The lowest BCUT2D eigenvalue weighted by Gasteiger charge is -2.14. The second kappa shape index (κ2) is 11.0. The molecule has 0 unspecified atom stereocenters. The molecule has 2 aromatic carbocycles. The molecule has 0 saturated heterocycles. The number of nitrogens with zero attached hydrogens (tertiary/aromatic N) is 1. The summed E-state index contributed by atoms with van der Waals surface area (Å²) < 4.78 is 7.49. The Bertz CT molecular complexity index is 1090. The molecule has 0 aliphatic heterocycles. The molecular formula is C25H25NO2S2. The molecule has 0 aliphatic carbocycles. The van der Waals surface area contributed by atoms with Crippen molar-refractivity contribution < 1.29 is 9.53 Å². The molecule has 0 N–H and O–H groups in total. The van der Waals surface area contributed by atoms with E-state index in [0.717, 1.165) is 38.9 Å². The molecule has 3 aromatic rings. The lowest BCUT2D eigenvalue weighted by molar-refractivity contribution is -0.141. The Balaban J connectivity index is 2.05. The Kier molecular flexibility index (Phi) is 8.05. The summed E-state index contributed by atoms with van der Waals surface area (Å²) in [5.74, 6) is 0.638. The quantitative estimate of drug-likeness (QED) is 0.169. The van der Waals surface area contributed by atoms with E-state index in [2.05, 4.69) is 43.3 Å². The maximum absolute atomic E-state index is 11.9. The van der Waals surface area contributed by atoms with Crippen LogP contribution < -0.4 is 0 Å². The Morgan fingerprint density at radius 1 is 1.03 bits per heavy atom. The van der Waals surface area contributed by atoms with Crippen LogP contribution in [0.25, 0.3) is 22.3 Å². The van der Waals surface area contributed by atoms with Crippen molar-refractivity contribution in [1.82, 2.24) is 4.57 Å². The zero-order valence-electron chi connectivity index (χ0n) is 17.2. The summed E-state index contributed by atoms with van der Waals surface area (Å²) in [5, 5.41) is 0. The highest BCUT2D eigenvalue weighted by molar-refractivity contribution is 7.99. The van der Waals surface area contributed by atoms with Gasteiger partial charge in [0, 0.05) is 34.2 Å². The number of carbonyl (C=O) groups excluding carboxylic acids is 1. The molecule has 3 nitrogen and oxygen atoms in total. The smallest absolute Gasteiger partial charge is 0.325 e. The van der Waals surface area contributed by atoms with Gasteiger partial charge in [0.2, 0.25) is 0 Å². The lowest BCUT2D eigenvalue weighted by Crippen LogP contribution is -2.12. The Morgan fingerprint density at radius 2 is 1.73 bits per heavy atom. The van der Waals surface area contributed by atoms with Crippen LogP contribution in [0.2, 0.25) is 0 Å². The molecule has 30 heavy (non-hydrogen) atoms. The van der Waals surface area contributed by atoms with E-state index in [1.54, 1.807) is 11.8 Å². The molecule has 0 bridgehead atoms. The number of esters is 1. The summed E-state index contributed by atoms with van der Waals surface area (Å²) in [6.07, 6.45) is 9.28. The third-order valence-electron chi connectivity index (χ3n) is 4.60. The standard InChI is InChI=1S/C25H25NO2S2/c1-3-4-8-14-30-21-13-9-12-20(15-21)23-17-26(18-24(27)28-2)16-22(25(23)29)19-10-6-5-7-11-19/h4-13,15-17H,3,14,18H2,1-2H3. The summed E-state index contributed by atoms with van der Waals surface area (Å²) in [6, 6.07) is 18.4. The van der Waals surface area contributed by atoms with Crippen LogP contribution in [-0.4, -0.2) is 23.4 Å². The Labute approximate surface area is 187 Å². The van der Waals surface area contributed by atoms with E-state index < -0.39 is 0 Å². The van der Waals surface area contributed by atoms with E-state index in [1.165, 1.54) is 12.0 Å². The number of ether oxygens (including phenoxy) is 1. The van der Waals surface area contributed by atoms with Gasteiger partial charge in [-0.2, -0.15) is 0 Å². The third kappa shape index (κ3) is 5.71. The van der Waals surface area contributed by atoms with E-state index in [0.29, 0.717) is 0 Å². The van der Waals surface area contributed by atoms with E-state index in [9.17, 15) is 4.79 Å². The van der Waals surface area contributed by atoms with Crippen molar-refractivity contribution in [2.75, 3.05) is 12.9 Å². The van der Waals surface area contributed by atoms with Crippen LogP contribution in [0.3, 0.4) is 0 Å². The molecule has 0 amide bonds. The number of hydrogen-bond acceptors (Lipinski definition) is 4. The number of thioether (sulfide) groups is 1. The van der Waals surface area contributed by atoms with Gasteiger partial charge in [-0.05, 0) is 29.7 Å². The summed E-state index contributed by atoms with van der Waals surface area (Å²) in [6.45, 7) is 2.27. The van der Waals surface area contributed by atoms with Crippen LogP contribution in [0.1, 0.15) is 13.3 Å². The first-order valence-corrected chi connectivity index (χ1v) is 11.3. The molecule has 5 heteroatoms. The largest absolute Gasteiger partial charge is 0.468 e. The van der Waals surface area contributed by atoms with Gasteiger partial charge in [-0.15, -0.1) is 11.8 Å². The van der Waals surface area contributed by atoms with Crippen molar-refractivity contribution >= 4 is 29.9 Å². The van der Waals surface area contributed by atoms with Crippen molar-refractivity contribution in [2.45, 2.75) is 24.8 Å². The maximum Gasteiger partial charge on any atom is 0.325 e. The average Bonchev–Trinajstić information content (AvgIpc) is 2.78. The van der Waals surface area contributed by atoms with Gasteiger partial charge in [0.05, 0.1) is 11.6 Å². The van der Waals surface area contributed by atoms with E-state index in [1.807, 2.05) is 47.3 Å². The van der Waals surface area contributed by atoms with Crippen molar-refractivity contribution in [3.05, 3.63) is 83.7 Å². The summed E-state index contributed by atoms with van der Waals surface area (Å²) in [5.41, 5.74) is 3.93. The van der Waals surface area contributed by atoms with E-state index >= 15 is 0 Å². The number of aromatic nitrogens is 1. The predicted octanol–water partition coefficient (Wildman–Crippen LogP) is 6.78. The normalized spacial score (nSPS) is 11.0. The summed E-state index contributed by atoms with van der Waals surface area (Å²) in [7, 11) is 1.40. The fourth-order valence-corrected chi connectivity index (χ4v) is 4.25. The molecule has 154 valence electrons. The fraction of sp³-hybridized carbons (Fsp3) is 0.200. The van der Waals surface area contributed by atoms with Crippen LogP contribution >= 0.6 is 24.0 Å². The molecule has 1 heterocycles. The molecule has 0 spiro atoms. The molecule has 0 atom stereocenters. The molecule has 0 saturated carbocycles. The minimum absolute atomic E-state index is 0.134. The number of hydrogen-bond donors (Lipinski definition) is 0. The fourth-order valence-electron chi connectivity index (χ4n) is 3.10. The summed E-state index contributed by atoms with van der Waals surface area (Å²) in [4.78, 5) is 13.1. The molecule has 3 rings (SSSR count). The lowest BCUT2D eigenvalue weighted by atomic mass is 10.0. The highest BCUT2D eigenvalue weighted by Crippen LogP contribution is 2.31. The van der Waals surface area contributed by atoms with Crippen LogP contribution in [0.4, 0.5) is 0 Å². The first-order chi connectivity index (χ1) is 14.6. The third-order valence-corrected chi connectivity index (χ3v) is 5.98. The first-order valence-electron chi connectivity index (χ1n) is 9.87. The van der Waals surface area contributed by atoms with Gasteiger partial charge in [-0.25, -0.2) is 0 Å². The predicted molar refractivity (Wildman–Crippen MR) is 128 cm³/mol. The number of pyridine rings is 1. The molecule has 1 aromatic heterocycles. The first kappa shape index (κ1) is 22.1. The molecule has 0 fully saturated rings. The van der Waals surface area contributed by atoms with Gasteiger partial charge >= 0.3 is 5.97 Å². The van der Waals surface area contributed by atoms with Gasteiger partial charge in [0.1, 0.15) is 6.54 Å². The van der Waals surface area contributed by atoms with Crippen LogP contribution in [0.5, 0.6) is 0 Å². The summed E-state index contributed by atoms with van der Waals surface area (Å²) >= 11 is 7.67. The number of carbonyl (C=O) groups is 1. The molecule has 0 radical (unpaired) electrons. The van der Waals surface area contributed by atoms with E-state index in [-0.39, 0.29) is 12.5 Å². The van der Waals surface area contributed by atoms with Gasteiger partial charge < -0.3 is 9.30 Å². The van der Waals surface area contributed by atoms with Gasteiger partial charge in [0.25, 0.3) is 0 Å². The van der Waals surface area contributed by atoms with Crippen LogP contribution in [0, 0.1) is 4.51 Å². The number of rotatable bonds is 8. The zero-order chi connectivity index (χ0) is 21.3.